The van der Waals surface area contributed by atoms with Crippen LogP contribution in [0.3, 0.4) is 0 Å². The van der Waals surface area contributed by atoms with Gasteiger partial charge in [0.1, 0.15) is 0 Å². The van der Waals surface area contributed by atoms with Gasteiger partial charge in [-0.25, -0.2) is 0 Å². The van der Waals surface area contributed by atoms with Crippen molar-refractivity contribution in [3.63, 3.8) is 0 Å². The molecule has 5 heteroatoms. The van der Waals surface area contributed by atoms with Gasteiger partial charge in [-0.15, -0.1) is 0 Å². The third-order valence-corrected chi connectivity index (χ3v) is 3.07. The maximum absolute atomic E-state index is 5.29. The van der Waals surface area contributed by atoms with Crippen LogP contribution in [0.4, 0.5) is 0 Å². The first-order valence-electron chi connectivity index (χ1n) is 5.88. The molecule has 0 spiro atoms. The molecule has 0 unspecified atom stereocenters. The standard InChI is InChI=1S/C12H14N4O/c1-5-13-6-2-9(1)11-15-12(17-16-11)10-3-7-14-8-4-10/h3-4,7-9,13H,1-2,5-6H2. The van der Waals surface area contributed by atoms with Crippen molar-refractivity contribution in [2.75, 3.05) is 13.1 Å². The van der Waals surface area contributed by atoms with Gasteiger partial charge in [-0.05, 0) is 38.1 Å². The molecule has 0 radical (unpaired) electrons. The van der Waals surface area contributed by atoms with Gasteiger partial charge in [-0.1, -0.05) is 5.16 Å². The molecule has 2 aromatic heterocycles. The zero-order chi connectivity index (χ0) is 11.5. The lowest BCUT2D eigenvalue weighted by Crippen LogP contribution is -2.27. The molecule has 1 aliphatic heterocycles. The Bertz CT molecular complexity index is 476. The Balaban J connectivity index is 1.83. The molecule has 5 nitrogen and oxygen atoms in total. The van der Waals surface area contributed by atoms with E-state index in [0.717, 1.165) is 37.3 Å². The average molecular weight is 230 g/mol. The molecule has 0 atom stereocenters. The van der Waals surface area contributed by atoms with E-state index in [1.165, 1.54) is 0 Å². The van der Waals surface area contributed by atoms with Gasteiger partial charge in [0.25, 0.3) is 5.89 Å². The first-order valence-corrected chi connectivity index (χ1v) is 5.88. The normalized spacial score (nSPS) is 17.2. The van der Waals surface area contributed by atoms with Crippen LogP contribution in [0.25, 0.3) is 11.5 Å². The average Bonchev–Trinajstić information content (AvgIpc) is 2.90. The van der Waals surface area contributed by atoms with Crippen LogP contribution in [0.2, 0.25) is 0 Å². The fraction of sp³-hybridized carbons (Fsp3) is 0.417. The lowest BCUT2D eigenvalue weighted by Gasteiger charge is -2.18. The zero-order valence-corrected chi connectivity index (χ0v) is 9.47. The SMILES string of the molecule is c1cc(-c2nc(C3CCNCC3)no2)ccn1. The number of piperidine rings is 1. The second kappa shape index (κ2) is 4.63. The summed E-state index contributed by atoms with van der Waals surface area (Å²) in [7, 11) is 0. The molecule has 0 aliphatic carbocycles. The summed E-state index contributed by atoms with van der Waals surface area (Å²) in [5, 5.41) is 7.41. The topological polar surface area (TPSA) is 63.8 Å². The van der Waals surface area contributed by atoms with Crippen LogP contribution in [-0.2, 0) is 0 Å². The van der Waals surface area contributed by atoms with E-state index >= 15 is 0 Å². The summed E-state index contributed by atoms with van der Waals surface area (Å²) in [4.78, 5) is 8.44. The Morgan fingerprint density at radius 3 is 2.71 bits per heavy atom. The Hall–Kier alpha value is -1.75. The van der Waals surface area contributed by atoms with Gasteiger partial charge in [-0.3, -0.25) is 4.98 Å². The van der Waals surface area contributed by atoms with Gasteiger partial charge in [0.05, 0.1) is 0 Å². The largest absolute Gasteiger partial charge is 0.334 e. The molecule has 3 heterocycles. The summed E-state index contributed by atoms with van der Waals surface area (Å²) in [5.74, 6) is 1.84. The second-order valence-electron chi connectivity index (χ2n) is 4.22. The highest BCUT2D eigenvalue weighted by Gasteiger charge is 2.20. The molecule has 3 rings (SSSR count). The first kappa shape index (κ1) is 10.4. The Labute approximate surface area is 99.3 Å². The maximum Gasteiger partial charge on any atom is 0.258 e. The number of nitrogens with zero attached hydrogens (tertiary/aromatic N) is 3. The van der Waals surface area contributed by atoms with Crippen molar-refractivity contribution in [3.8, 4) is 11.5 Å². The highest BCUT2D eigenvalue weighted by Crippen LogP contribution is 2.25. The fourth-order valence-corrected chi connectivity index (χ4v) is 2.09. The third-order valence-electron chi connectivity index (χ3n) is 3.07. The predicted molar refractivity (Wildman–Crippen MR) is 62.4 cm³/mol. The molecule has 1 saturated heterocycles. The van der Waals surface area contributed by atoms with Crippen LogP contribution in [0.1, 0.15) is 24.6 Å². The molecule has 0 aromatic carbocycles. The molecule has 1 fully saturated rings. The monoisotopic (exact) mass is 230 g/mol. The molecule has 0 amide bonds. The molecular weight excluding hydrogens is 216 g/mol. The summed E-state index contributed by atoms with van der Waals surface area (Å²) < 4.78 is 5.29. The van der Waals surface area contributed by atoms with E-state index in [0.29, 0.717) is 11.8 Å². The van der Waals surface area contributed by atoms with Gasteiger partial charge in [0.2, 0.25) is 0 Å². The highest BCUT2D eigenvalue weighted by molar-refractivity contribution is 5.51. The zero-order valence-electron chi connectivity index (χ0n) is 9.47. The van der Waals surface area contributed by atoms with Crippen LogP contribution in [0.15, 0.2) is 29.0 Å². The van der Waals surface area contributed by atoms with Crippen LogP contribution >= 0.6 is 0 Å². The number of hydrogen-bond donors (Lipinski definition) is 1. The van der Waals surface area contributed by atoms with Crippen LogP contribution in [0, 0.1) is 0 Å². The van der Waals surface area contributed by atoms with E-state index in [-0.39, 0.29) is 0 Å². The minimum Gasteiger partial charge on any atom is -0.334 e. The minimum atomic E-state index is 0.426. The molecule has 0 saturated carbocycles. The van der Waals surface area contributed by atoms with Crippen LogP contribution in [-0.4, -0.2) is 28.2 Å². The Morgan fingerprint density at radius 2 is 1.94 bits per heavy atom. The number of pyridine rings is 1. The van der Waals surface area contributed by atoms with E-state index in [4.69, 9.17) is 4.52 Å². The third kappa shape index (κ3) is 2.19. The summed E-state index contributed by atoms with van der Waals surface area (Å²) in [5.41, 5.74) is 0.924. The summed E-state index contributed by atoms with van der Waals surface area (Å²) in [6.07, 6.45) is 5.61. The van der Waals surface area contributed by atoms with Gasteiger partial charge in [0, 0.05) is 23.9 Å². The molecule has 0 bridgehead atoms. The first-order chi connectivity index (χ1) is 8.43. The van der Waals surface area contributed by atoms with Crippen LogP contribution in [0.5, 0.6) is 0 Å². The Kier molecular flexibility index (Phi) is 2.83. The molecule has 88 valence electrons. The van der Waals surface area contributed by atoms with Gasteiger partial charge < -0.3 is 9.84 Å². The van der Waals surface area contributed by atoms with E-state index in [1.54, 1.807) is 12.4 Å². The molecule has 1 N–H and O–H groups in total. The van der Waals surface area contributed by atoms with E-state index in [1.807, 2.05) is 12.1 Å². The molecule has 1 aliphatic rings. The number of hydrogen-bond acceptors (Lipinski definition) is 5. The minimum absolute atomic E-state index is 0.426. The van der Waals surface area contributed by atoms with Crippen molar-refractivity contribution in [3.05, 3.63) is 30.4 Å². The quantitative estimate of drug-likeness (QED) is 0.849. The van der Waals surface area contributed by atoms with Gasteiger partial charge >= 0.3 is 0 Å². The van der Waals surface area contributed by atoms with E-state index in [9.17, 15) is 0 Å². The summed E-state index contributed by atoms with van der Waals surface area (Å²) >= 11 is 0. The molecule has 2 aromatic rings. The second-order valence-corrected chi connectivity index (χ2v) is 4.22. The smallest absolute Gasteiger partial charge is 0.258 e. The maximum atomic E-state index is 5.29. The van der Waals surface area contributed by atoms with Gasteiger partial charge in [0.15, 0.2) is 5.82 Å². The number of rotatable bonds is 2. The predicted octanol–water partition coefficient (Wildman–Crippen LogP) is 1.60. The highest BCUT2D eigenvalue weighted by atomic mass is 16.5. The van der Waals surface area contributed by atoms with Crippen molar-refractivity contribution in [1.29, 1.82) is 0 Å². The van der Waals surface area contributed by atoms with Crippen molar-refractivity contribution >= 4 is 0 Å². The van der Waals surface area contributed by atoms with Crippen molar-refractivity contribution < 1.29 is 4.52 Å². The van der Waals surface area contributed by atoms with E-state index < -0.39 is 0 Å². The molecular formula is C12H14N4O. The number of aromatic nitrogens is 3. The summed E-state index contributed by atoms with van der Waals surface area (Å²) in [6.45, 7) is 2.06. The van der Waals surface area contributed by atoms with Gasteiger partial charge in [-0.2, -0.15) is 4.98 Å². The lowest BCUT2D eigenvalue weighted by molar-refractivity contribution is 0.392. The van der Waals surface area contributed by atoms with Crippen molar-refractivity contribution in [1.82, 2.24) is 20.4 Å². The molecule has 17 heavy (non-hydrogen) atoms. The van der Waals surface area contributed by atoms with Crippen molar-refractivity contribution in [2.45, 2.75) is 18.8 Å². The van der Waals surface area contributed by atoms with Crippen molar-refractivity contribution in [2.24, 2.45) is 0 Å². The van der Waals surface area contributed by atoms with E-state index in [2.05, 4.69) is 20.4 Å². The lowest BCUT2D eigenvalue weighted by atomic mass is 9.98. The fourth-order valence-electron chi connectivity index (χ4n) is 2.09. The Morgan fingerprint density at radius 1 is 1.18 bits per heavy atom. The number of nitrogens with one attached hydrogen (secondary N) is 1. The summed E-state index contributed by atoms with van der Waals surface area (Å²) in [6, 6.07) is 3.75. The van der Waals surface area contributed by atoms with Crippen LogP contribution < -0.4 is 5.32 Å².